The molecule has 0 saturated heterocycles. The van der Waals surface area contributed by atoms with E-state index in [1.54, 1.807) is 18.3 Å². The summed E-state index contributed by atoms with van der Waals surface area (Å²) < 4.78 is 0. The average Bonchev–Trinajstić information content (AvgIpc) is 2.22. The zero-order valence-corrected chi connectivity index (χ0v) is 10.4. The zero-order valence-electron chi connectivity index (χ0n) is 9.67. The molecule has 0 atom stereocenters. The number of carbonyl (C=O) groups is 1. The Balaban J connectivity index is 3.24. The molecule has 1 rings (SSSR count). The van der Waals surface area contributed by atoms with Gasteiger partial charge in [0.15, 0.2) is 5.78 Å². The molecule has 0 aromatic carbocycles. The van der Waals surface area contributed by atoms with Crippen LogP contribution in [0.1, 0.15) is 25.1 Å². The number of carbonyl (C=O) groups excluding carboxylic acids is 1. The quantitative estimate of drug-likeness (QED) is 0.592. The minimum absolute atomic E-state index is 0.00752. The van der Waals surface area contributed by atoms with Gasteiger partial charge < -0.3 is 0 Å². The molecule has 0 aliphatic heterocycles. The molecule has 3 heteroatoms. The molecule has 0 unspecified atom stereocenters. The monoisotopic (exact) mass is 235 g/mol. The predicted octanol–water partition coefficient (Wildman–Crippen LogP) is 3.59. The minimum atomic E-state index is -0.00752. The summed E-state index contributed by atoms with van der Waals surface area (Å²) in [5, 5.41) is 0.542. The van der Waals surface area contributed by atoms with Crippen molar-refractivity contribution in [1.29, 1.82) is 0 Å². The lowest BCUT2D eigenvalue weighted by atomic mass is 9.96. The van der Waals surface area contributed by atoms with Crippen LogP contribution in [0.5, 0.6) is 0 Å². The summed E-state index contributed by atoms with van der Waals surface area (Å²) >= 11 is 5.88. The zero-order chi connectivity index (χ0) is 12.3. The number of pyridine rings is 1. The number of aromatic nitrogens is 1. The number of hydrogen-bond acceptors (Lipinski definition) is 2. The SMILES string of the molecule is C=C(/C(=C\C)C(C)=O)c1cc(Cl)cnc1C. The van der Waals surface area contributed by atoms with Gasteiger partial charge in [-0.2, -0.15) is 0 Å². The fourth-order valence-corrected chi connectivity index (χ4v) is 1.71. The summed E-state index contributed by atoms with van der Waals surface area (Å²) in [5.74, 6) is -0.00752. The van der Waals surface area contributed by atoms with Crippen molar-refractivity contribution in [1.82, 2.24) is 4.98 Å². The largest absolute Gasteiger partial charge is 0.295 e. The van der Waals surface area contributed by atoms with Crippen LogP contribution in [-0.4, -0.2) is 10.8 Å². The van der Waals surface area contributed by atoms with Crippen molar-refractivity contribution in [2.45, 2.75) is 20.8 Å². The van der Waals surface area contributed by atoms with E-state index in [2.05, 4.69) is 11.6 Å². The number of halogens is 1. The number of hydrogen-bond donors (Lipinski definition) is 0. The highest BCUT2D eigenvalue weighted by Gasteiger charge is 2.12. The smallest absolute Gasteiger partial charge is 0.160 e. The van der Waals surface area contributed by atoms with Crippen molar-refractivity contribution in [2.24, 2.45) is 0 Å². The van der Waals surface area contributed by atoms with E-state index < -0.39 is 0 Å². The van der Waals surface area contributed by atoms with E-state index in [0.29, 0.717) is 16.2 Å². The number of aryl methyl sites for hydroxylation is 1. The van der Waals surface area contributed by atoms with Crippen molar-refractivity contribution < 1.29 is 4.79 Å². The lowest BCUT2D eigenvalue weighted by Gasteiger charge is -2.10. The second-order valence-electron chi connectivity index (χ2n) is 3.52. The molecule has 0 spiro atoms. The van der Waals surface area contributed by atoms with Crippen LogP contribution in [0.4, 0.5) is 0 Å². The van der Waals surface area contributed by atoms with E-state index in [0.717, 1.165) is 11.3 Å². The first-order valence-electron chi connectivity index (χ1n) is 4.96. The highest BCUT2D eigenvalue weighted by Crippen LogP contribution is 2.25. The van der Waals surface area contributed by atoms with E-state index in [1.807, 2.05) is 13.8 Å². The van der Waals surface area contributed by atoms with Gasteiger partial charge in [0.05, 0.1) is 5.02 Å². The summed E-state index contributed by atoms with van der Waals surface area (Å²) in [6, 6.07) is 1.78. The molecule has 0 N–H and O–H groups in total. The van der Waals surface area contributed by atoms with Crippen LogP contribution < -0.4 is 0 Å². The molecular formula is C13H14ClNO. The molecule has 0 amide bonds. The molecule has 0 aliphatic rings. The fourth-order valence-electron chi connectivity index (χ4n) is 1.55. The first-order valence-corrected chi connectivity index (χ1v) is 5.34. The molecule has 0 saturated carbocycles. The van der Waals surface area contributed by atoms with Crippen molar-refractivity contribution in [3.05, 3.63) is 46.8 Å². The van der Waals surface area contributed by atoms with Crippen LogP contribution >= 0.6 is 11.6 Å². The maximum Gasteiger partial charge on any atom is 0.160 e. The molecule has 84 valence electrons. The second-order valence-corrected chi connectivity index (χ2v) is 3.96. The summed E-state index contributed by atoms with van der Waals surface area (Å²) in [4.78, 5) is 15.5. The van der Waals surface area contributed by atoms with Crippen LogP contribution in [0.15, 0.2) is 30.5 Å². The van der Waals surface area contributed by atoms with Crippen LogP contribution in [0, 0.1) is 6.92 Å². The van der Waals surface area contributed by atoms with Gasteiger partial charge in [-0.05, 0) is 32.4 Å². The molecule has 1 heterocycles. The van der Waals surface area contributed by atoms with Crippen LogP contribution in [0.3, 0.4) is 0 Å². The van der Waals surface area contributed by atoms with Gasteiger partial charge in [0.25, 0.3) is 0 Å². The third-order valence-corrected chi connectivity index (χ3v) is 2.58. The van der Waals surface area contributed by atoms with Gasteiger partial charge in [0.1, 0.15) is 0 Å². The molecule has 0 radical (unpaired) electrons. The van der Waals surface area contributed by atoms with Crippen LogP contribution in [0.2, 0.25) is 5.02 Å². The molecule has 2 nitrogen and oxygen atoms in total. The third kappa shape index (κ3) is 2.58. The van der Waals surface area contributed by atoms with Crippen molar-refractivity contribution in [3.8, 4) is 0 Å². The molecular weight excluding hydrogens is 222 g/mol. The van der Waals surface area contributed by atoms with E-state index in [-0.39, 0.29) is 5.78 Å². The molecule has 0 fully saturated rings. The Morgan fingerprint density at radius 3 is 2.69 bits per heavy atom. The normalized spacial score (nSPS) is 11.4. The van der Waals surface area contributed by atoms with E-state index in [9.17, 15) is 4.79 Å². The predicted molar refractivity (Wildman–Crippen MR) is 67.5 cm³/mol. The van der Waals surface area contributed by atoms with Crippen molar-refractivity contribution >= 4 is 23.0 Å². The Hall–Kier alpha value is -1.41. The van der Waals surface area contributed by atoms with Gasteiger partial charge in [-0.25, -0.2) is 0 Å². The number of rotatable bonds is 3. The Labute approximate surface area is 101 Å². The van der Waals surface area contributed by atoms with Gasteiger partial charge >= 0.3 is 0 Å². The standard InChI is InChI=1S/C13H14ClNO/c1-5-12(10(4)16)8(2)13-6-11(14)7-15-9(13)3/h5-7H,2H2,1,3-4H3/b12-5+. The van der Waals surface area contributed by atoms with E-state index in [1.165, 1.54) is 6.92 Å². The Bertz CT molecular complexity index is 475. The molecule has 0 bridgehead atoms. The Morgan fingerprint density at radius 1 is 1.56 bits per heavy atom. The maximum absolute atomic E-state index is 11.4. The van der Waals surface area contributed by atoms with Crippen LogP contribution in [0.25, 0.3) is 5.57 Å². The summed E-state index contributed by atoms with van der Waals surface area (Å²) in [6.45, 7) is 9.13. The van der Waals surface area contributed by atoms with Gasteiger partial charge in [0.2, 0.25) is 0 Å². The Kier molecular flexibility index (Phi) is 4.02. The highest BCUT2D eigenvalue weighted by molar-refractivity contribution is 6.30. The summed E-state index contributed by atoms with van der Waals surface area (Å²) in [7, 11) is 0. The van der Waals surface area contributed by atoms with Crippen molar-refractivity contribution in [3.63, 3.8) is 0 Å². The molecule has 1 aromatic rings. The van der Waals surface area contributed by atoms with Crippen molar-refractivity contribution in [2.75, 3.05) is 0 Å². The summed E-state index contributed by atoms with van der Waals surface area (Å²) in [5.41, 5.74) is 2.90. The number of allylic oxidation sites excluding steroid dienone is 3. The molecule has 16 heavy (non-hydrogen) atoms. The molecule has 0 aliphatic carbocycles. The van der Waals surface area contributed by atoms with Gasteiger partial charge in [-0.15, -0.1) is 0 Å². The van der Waals surface area contributed by atoms with Crippen LogP contribution in [-0.2, 0) is 4.79 Å². The van der Waals surface area contributed by atoms with Gasteiger partial charge in [-0.1, -0.05) is 24.3 Å². The lowest BCUT2D eigenvalue weighted by molar-refractivity contribution is -0.113. The number of Topliss-reactive ketones (excluding diaryl/α,β-unsaturated/α-hetero) is 1. The third-order valence-electron chi connectivity index (χ3n) is 2.37. The number of nitrogens with zero attached hydrogens (tertiary/aromatic N) is 1. The Morgan fingerprint density at radius 2 is 2.19 bits per heavy atom. The van der Waals surface area contributed by atoms with Gasteiger partial charge in [0, 0.05) is 23.0 Å². The first-order chi connectivity index (χ1) is 7.47. The van der Waals surface area contributed by atoms with E-state index in [4.69, 9.17) is 11.6 Å². The highest BCUT2D eigenvalue weighted by atomic mass is 35.5. The fraction of sp³-hybridized carbons (Fsp3) is 0.231. The maximum atomic E-state index is 11.4. The molecule has 1 aromatic heterocycles. The van der Waals surface area contributed by atoms with Gasteiger partial charge in [-0.3, -0.25) is 9.78 Å². The summed E-state index contributed by atoms with van der Waals surface area (Å²) in [6.07, 6.45) is 3.34. The number of ketones is 1. The first kappa shape index (κ1) is 12.7. The average molecular weight is 236 g/mol. The van der Waals surface area contributed by atoms with E-state index >= 15 is 0 Å². The topological polar surface area (TPSA) is 30.0 Å². The second kappa shape index (κ2) is 5.08. The lowest BCUT2D eigenvalue weighted by Crippen LogP contribution is -2.01. The minimum Gasteiger partial charge on any atom is -0.295 e.